The average molecular weight is 608 g/mol. The Labute approximate surface area is 258 Å². The van der Waals surface area contributed by atoms with Crippen molar-refractivity contribution in [2.24, 2.45) is 0 Å². The summed E-state index contributed by atoms with van der Waals surface area (Å²) in [6.07, 6.45) is 4.29. The number of nitrogens with one attached hydrogen (secondary N) is 1. The third-order valence-corrected chi connectivity index (χ3v) is 7.11. The highest BCUT2D eigenvalue weighted by atomic mass is 19.1. The third-order valence-electron chi connectivity index (χ3n) is 7.11. The van der Waals surface area contributed by atoms with E-state index < -0.39 is 22.9 Å². The Morgan fingerprint density at radius 2 is 1.36 bits per heavy atom. The van der Waals surface area contributed by atoms with Crippen molar-refractivity contribution in [1.82, 2.24) is 9.80 Å². The van der Waals surface area contributed by atoms with Crippen LogP contribution in [0, 0.1) is 5.82 Å². The SMILES string of the molecule is COc1cc(NC(=O)c2ccc(C3=CCN(C(=O)OC(C)(C)C)CC3)cc2F)ccc1C1=CCN(C(=O)OC(C)(C)C)CC1. The fourth-order valence-electron chi connectivity index (χ4n) is 4.96. The van der Waals surface area contributed by atoms with Gasteiger partial charge in [0, 0.05) is 43.5 Å². The number of nitrogens with zero attached hydrogens (tertiary/aromatic N) is 2. The molecule has 0 unspecified atom stereocenters. The lowest BCUT2D eigenvalue weighted by Gasteiger charge is -2.30. The molecular weight excluding hydrogens is 565 g/mol. The van der Waals surface area contributed by atoms with Crippen LogP contribution in [-0.4, -0.2) is 72.4 Å². The van der Waals surface area contributed by atoms with Gasteiger partial charge in [0.1, 0.15) is 22.8 Å². The van der Waals surface area contributed by atoms with Gasteiger partial charge in [-0.3, -0.25) is 4.79 Å². The minimum atomic E-state index is -0.638. The standard InChI is InChI=1S/C34H42FN3O6/c1-33(2,3)43-31(40)37-16-12-22(13-17-37)24-8-10-27(28(35)20-24)30(39)36-25-9-11-26(29(21-25)42-7)23-14-18-38(19-15-23)32(41)44-34(4,5)6/h8-12,14,20-21H,13,15-19H2,1-7H3,(H,36,39). The van der Waals surface area contributed by atoms with Gasteiger partial charge in [0.05, 0.1) is 12.7 Å². The van der Waals surface area contributed by atoms with Gasteiger partial charge in [0.2, 0.25) is 0 Å². The molecule has 1 N–H and O–H groups in total. The fraction of sp³-hybridized carbons (Fsp3) is 0.441. The second-order valence-corrected chi connectivity index (χ2v) is 12.9. The lowest BCUT2D eigenvalue weighted by Crippen LogP contribution is -2.39. The zero-order valence-corrected chi connectivity index (χ0v) is 26.6. The molecule has 2 aliphatic rings. The molecule has 0 bridgehead atoms. The highest BCUT2D eigenvalue weighted by molar-refractivity contribution is 6.05. The fourth-order valence-corrected chi connectivity index (χ4v) is 4.96. The van der Waals surface area contributed by atoms with E-state index in [0.717, 1.165) is 16.7 Å². The number of carbonyl (C=O) groups excluding carboxylic acids is 3. The summed E-state index contributed by atoms with van der Waals surface area (Å²) in [4.78, 5) is 41.0. The molecule has 2 aromatic rings. The zero-order valence-electron chi connectivity index (χ0n) is 26.6. The maximum absolute atomic E-state index is 15.1. The number of hydrogen-bond donors (Lipinski definition) is 1. The van der Waals surface area contributed by atoms with E-state index in [0.29, 0.717) is 56.0 Å². The maximum Gasteiger partial charge on any atom is 0.410 e. The number of ether oxygens (including phenoxy) is 3. The van der Waals surface area contributed by atoms with Crippen LogP contribution in [0.2, 0.25) is 0 Å². The van der Waals surface area contributed by atoms with Crippen molar-refractivity contribution >= 4 is 34.9 Å². The van der Waals surface area contributed by atoms with Crippen LogP contribution in [0.15, 0.2) is 48.6 Å². The van der Waals surface area contributed by atoms with E-state index in [9.17, 15) is 14.4 Å². The van der Waals surface area contributed by atoms with Crippen molar-refractivity contribution in [3.63, 3.8) is 0 Å². The normalized spacial score (nSPS) is 15.6. The molecule has 0 atom stereocenters. The van der Waals surface area contributed by atoms with E-state index in [4.69, 9.17) is 14.2 Å². The van der Waals surface area contributed by atoms with Crippen LogP contribution < -0.4 is 10.1 Å². The van der Waals surface area contributed by atoms with Crippen LogP contribution >= 0.6 is 0 Å². The molecule has 0 radical (unpaired) electrons. The van der Waals surface area contributed by atoms with Crippen molar-refractivity contribution in [2.45, 2.75) is 65.6 Å². The molecule has 0 aromatic heterocycles. The van der Waals surface area contributed by atoms with E-state index >= 15 is 4.39 Å². The maximum atomic E-state index is 15.1. The first-order chi connectivity index (χ1) is 20.6. The van der Waals surface area contributed by atoms with Crippen LogP contribution in [-0.2, 0) is 9.47 Å². The largest absolute Gasteiger partial charge is 0.496 e. The van der Waals surface area contributed by atoms with Crippen molar-refractivity contribution in [3.8, 4) is 5.75 Å². The molecule has 0 saturated heterocycles. The van der Waals surface area contributed by atoms with Crippen molar-refractivity contribution in [1.29, 1.82) is 0 Å². The van der Waals surface area contributed by atoms with Gasteiger partial charge in [-0.2, -0.15) is 0 Å². The summed E-state index contributed by atoms with van der Waals surface area (Å²) in [5.41, 5.74) is 2.69. The van der Waals surface area contributed by atoms with Crippen LogP contribution in [0.5, 0.6) is 5.75 Å². The molecule has 2 heterocycles. The lowest BCUT2D eigenvalue weighted by atomic mass is 9.97. The predicted molar refractivity (Wildman–Crippen MR) is 168 cm³/mol. The highest BCUT2D eigenvalue weighted by Gasteiger charge is 2.26. The number of hydrogen-bond acceptors (Lipinski definition) is 6. The number of anilines is 1. The van der Waals surface area contributed by atoms with Gasteiger partial charge in [0.25, 0.3) is 5.91 Å². The Kier molecular flexibility index (Phi) is 9.71. The van der Waals surface area contributed by atoms with Gasteiger partial charge in [-0.15, -0.1) is 0 Å². The highest BCUT2D eigenvalue weighted by Crippen LogP contribution is 2.33. The van der Waals surface area contributed by atoms with E-state index in [2.05, 4.69) is 5.32 Å². The van der Waals surface area contributed by atoms with Crippen LogP contribution in [0.4, 0.5) is 19.7 Å². The Bertz CT molecular complexity index is 1480. The average Bonchev–Trinajstić information content (AvgIpc) is 2.95. The second kappa shape index (κ2) is 13.1. The molecule has 2 aromatic carbocycles. The summed E-state index contributed by atoms with van der Waals surface area (Å²) >= 11 is 0. The molecule has 4 rings (SSSR count). The van der Waals surface area contributed by atoms with E-state index in [1.54, 1.807) is 35.1 Å². The minimum Gasteiger partial charge on any atom is -0.496 e. The minimum absolute atomic E-state index is 0.0826. The molecule has 2 aliphatic heterocycles. The first-order valence-corrected chi connectivity index (χ1v) is 14.8. The van der Waals surface area contributed by atoms with Crippen molar-refractivity contribution in [2.75, 3.05) is 38.6 Å². The molecule has 10 heteroatoms. The van der Waals surface area contributed by atoms with Gasteiger partial charge in [-0.25, -0.2) is 14.0 Å². The number of rotatable bonds is 5. The van der Waals surface area contributed by atoms with Crippen LogP contribution in [0.25, 0.3) is 11.1 Å². The molecule has 0 fully saturated rings. The van der Waals surface area contributed by atoms with E-state index in [1.165, 1.54) is 12.1 Å². The van der Waals surface area contributed by atoms with E-state index in [-0.39, 0.29) is 17.7 Å². The Morgan fingerprint density at radius 3 is 1.84 bits per heavy atom. The van der Waals surface area contributed by atoms with Gasteiger partial charge in [0.15, 0.2) is 0 Å². The summed E-state index contributed by atoms with van der Waals surface area (Å²) in [7, 11) is 1.55. The van der Waals surface area contributed by atoms with Gasteiger partial charge >= 0.3 is 12.2 Å². The van der Waals surface area contributed by atoms with Crippen molar-refractivity contribution < 1.29 is 33.0 Å². The first kappa shape index (κ1) is 32.6. The Hall–Kier alpha value is -4.34. The molecule has 236 valence electrons. The van der Waals surface area contributed by atoms with E-state index in [1.807, 2.05) is 59.8 Å². The van der Waals surface area contributed by atoms with Gasteiger partial charge < -0.3 is 29.3 Å². The van der Waals surface area contributed by atoms with Crippen LogP contribution in [0.3, 0.4) is 0 Å². The second-order valence-electron chi connectivity index (χ2n) is 12.9. The van der Waals surface area contributed by atoms with Crippen LogP contribution in [0.1, 0.15) is 75.9 Å². The van der Waals surface area contributed by atoms with Gasteiger partial charge in [-0.1, -0.05) is 18.2 Å². The monoisotopic (exact) mass is 607 g/mol. The summed E-state index contributed by atoms with van der Waals surface area (Å²) in [5, 5.41) is 2.76. The number of amides is 3. The molecule has 44 heavy (non-hydrogen) atoms. The summed E-state index contributed by atoms with van der Waals surface area (Å²) in [6.45, 7) is 12.7. The number of methoxy groups -OCH3 is 1. The smallest absolute Gasteiger partial charge is 0.410 e. The molecule has 9 nitrogen and oxygen atoms in total. The summed E-state index contributed by atoms with van der Waals surface area (Å²) < 4.78 is 31.6. The predicted octanol–water partition coefficient (Wildman–Crippen LogP) is 7.14. The van der Waals surface area contributed by atoms with Gasteiger partial charge in [-0.05, 0) is 95.4 Å². The molecule has 0 saturated carbocycles. The third kappa shape index (κ3) is 8.39. The number of benzene rings is 2. The lowest BCUT2D eigenvalue weighted by molar-refractivity contribution is 0.0260. The quantitative estimate of drug-likeness (QED) is 0.388. The number of halogens is 1. The molecule has 0 aliphatic carbocycles. The topological polar surface area (TPSA) is 97.4 Å². The van der Waals surface area contributed by atoms with Crippen molar-refractivity contribution in [3.05, 3.63) is 71.1 Å². The first-order valence-electron chi connectivity index (χ1n) is 14.8. The Balaban J connectivity index is 1.40. The molecular formula is C34H42FN3O6. The Morgan fingerprint density at radius 1 is 0.795 bits per heavy atom. The number of carbonyl (C=O) groups is 3. The zero-order chi connectivity index (χ0) is 32.2. The molecule has 3 amide bonds. The molecule has 0 spiro atoms. The summed E-state index contributed by atoms with van der Waals surface area (Å²) in [5.74, 6) is -0.663. The summed E-state index contributed by atoms with van der Waals surface area (Å²) in [6, 6.07) is 9.82.